The van der Waals surface area contributed by atoms with Crippen molar-refractivity contribution < 1.29 is 4.74 Å². The van der Waals surface area contributed by atoms with E-state index >= 15 is 0 Å². The molecule has 1 spiro atoms. The molecule has 0 aromatic heterocycles. The maximum atomic E-state index is 6.24. The first-order valence-electron chi connectivity index (χ1n) is 7.42. The highest BCUT2D eigenvalue weighted by molar-refractivity contribution is 4.99. The molecule has 2 saturated heterocycles. The molecule has 0 radical (unpaired) electrons. The van der Waals surface area contributed by atoms with Gasteiger partial charge in [0.25, 0.3) is 0 Å². The van der Waals surface area contributed by atoms with E-state index in [4.69, 9.17) is 4.74 Å². The van der Waals surface area contributed by atoms with Gasteiger partial charge in [-0.15, -0.1) is 0 Å². The average molecular weight is 237 g/mol. The van der Waals surface area contributed by atoms with E-state index in [1.165, 1.54) is 45.1 Å². The van der Waals surface area contributed by atoms with Crippen LogP contribution in [0.5, 0.6) is 0 Å². The number of fused-ring (bicyclic) bond motifs is 2. The standard InChI is InChI=1S/C15H27NO/c1-14(2,3)12-6-8-15(9-7-12)16-10-4-5-13(16)11-17-15/h12-13H,4-11H2,1-3H3. The molecule has 3 aliphatic rings. The summed E-state index contributed by atoms with van der Waals surface area (Å²) in [6.45, 7) is 9.46. The van der Waals surface area contributed by atoms with Crippen molar-refractivity contribution in [1.29, 1.82) is 0 Å². The smallest absolute Gasteiger partial charge is 0.122 e. The molecule has 0 amide bonds. The summed E-state index contributed by atoms with van der Waals surface area (Å²) in [5.74, 6) is 0.887. The fraction of sp³-hybridized carbons (Fsp3) is 1.00. The lowest BCUT2D eigenvalue weighted by atomic mass is 9.70. The summed E-state index contributed by atoms with van der Waals surface area (Å²) in [5.41, 5.74) is 0.632. The number of rotatable bonds is 0. The fourth-order valence-corrected chi connectivity index (χ4v) is 4.25. The van der Waals surface area contributed by atoms with Crippen LogP contribution in [-0.2, 0) is 4.74 Å². The maximum Gasteiger partial charge on any atom is 0.122 e. The van der Waals surface area contributed by atoms with E-state index in [1.807, 2.05) is 0 Å². The molecule has 3 rings (SSSR count). The van der Waals surface area contributed by atoms with Gasteiger partial charge in [-0.05, 0) is 49.9 Å². The third kappa shape index (κ3) is 1.94. The first-order chi connectivity index (χ1) is 8.01. The monoisotopic (exact) mass is 237 g/mol. The quantitative estimate of drug-likeness (QED) is 0.640. The highest BCUT2D eigenvalue weighted by atomic mass is 16.5. The van der Waals surface area contributed by atoms with Crippen LogP contribution in [0.4, 0.5) is 0 Å². The van der Waals surface area contributed by atoms with Crippen LogP contribution in [0.3, 0.4) is 0 Å². The van der Waals surface area contributed by atoms with Gasteiger partial charge in [-0.3, -0.25) is 4.90 Å². The zero-order chi connectivity index (χ0) is 12.1. The molecular weight excluding hydrogens is 210 g/mol. The van der Waals surface area contributed by atoms with E-state index in [9.17, 15) is 0 Å². The molecule has 17 heavy (non-hydrogen) atoms. The van der Waals surface area contributed by atoms with Crippen molar-refractivity contribution in [2.24, 2.45) is 11.3 Å². The van der Waals surface area contributed by atoms with Gasteiger partial charge in [-0.2, -0.15) is 0 Å². The summed E-state index contributed by atoms with van der Waals surface area (Å²) in [5, 5.41) is 0. The predicted octanol–water partition coefficient (Wildman–Crippen LogP) is 3.41. The molecule has 2 aliphatic heterocycles. The molecule has 0 N–H and O–H groups in total. The Labute approximate surface area is 106 Å². The van der Waals surface area contributed by atoms with Crippen molar-refractivity contribution in [3.8, 4) is 0 Å². The van der Waals surface area contributed by atoms with Crippen LogP contribution in [0.25, 0.3) is 0 Å². The Kier molecular flexibility index (Phi) is 2.79. The van der Waals surface area contributed by atoms with Gasteiger partial charge >= 0.3 is 0 Å². The van der Waals surface area contributed by atoms with E-state index in [-0.39, 0.29) is 5.72 Å². The van der Waals surface area contributed by atoms with Crippen LogP contribution < -0.4 is 0 Å². The highest BCUT2D eigenvalue weighted by Gasteiger charge is 2.51. The Balaban J connectivity index is 1.68. The Morgan fingerprint density at radius 1 is 1.12 bits per heavy atom. The molecule has 1 unspecified atom stereocenters. The molecule has 1 aliphatic carbocycles. The second-order valence-corrected chi connectivity index (χ2v) is 7.39. The normalized spacial score (nSPS) is 43.2. The summed E-state index contributed by atoms with van der Waals surface area (Å²) in [6.07, 6.45) is 8.00. The van der Waals surface area contributed by atoms with E-state index in [1.54, 1.807) is 0 Å². The Hall–Kier alpha value is -0.0800. The van der Waals surface area contributed by atoms with Crippen molar-refractivity contribution in [1.82, 2.24) is 4.90 Å². The zero-order valence-electron chi connectivity index (χ0n) is 11.7. The van der Waals surface area contributed by atoms with Crippen molar-refractivity contribution in [3.63, 3.8) is 0 Å². The van der Waals surface area contributed by atoms with Gasteiger partial charge in [0.15, 0.2) is 0 Å². The minimum absolute atomic E-state index is 0.156. The van der Waals surface area contributed by atoms with Crippen molar-refractivity contribution >= 4 is 0 Å². The number of hydrogen-bond acceptors (Lipinski definition) is 2. The first-order valence-corrected chi connectivity index (χ1v) is 7.42. The molecule has 0 bridgehead atoms. The van der Waals surface area contributed by atoms with Gasteiger partial charge in [0, 0.05) is 12.6 Å². The van der Waals surface area contributed by atoms with Crippen LogP contribution >= 0.6 is 0 Å². The van der Waals surface area contributed by atoms with Gasteiger partial charge in [-0.25, -0.2) is 0 Å². The van der Waals surface area contributed by atoms with E-state index < -0.39 is 0 Å². The molecule has 2 heterocycles. The SMILES string of the molecule is CC(C)(C)C1CCC2(CC1)OCC1CCCN12. The second-order valence-electron chi connectivity index (χ2n) is 7.39. The Morgan fingerprint density at radius 3 is 2.47 bits per heavy atom. The van der Waals surface area contributed by atoms with Crippen LogP contribution in [0.1, 0.15) is 59.3 Å². The third-order valence-electron chi connectivity index (χ3n) is 5.44. The van der Waals surface area contributed by atoms with Crippen LogP contribution in [0.2, 0.25) is 0 Å². The second kappa shape index (κ2) is 3.96. The van der Waals surface area contributed by atoms with Crippen LogP contribution in [0.15, 0.2) is 0 Å². The summed E-state index contributed by atoms with van der Waals surface area (Å²) in [6, 6.07) is 0.751. The molecule has 0 aromatic rings. The third-order valence-corrected chi connectivity index (χ3v) is 5.44. The van der Waals surface area contributed by atoms with Gasteiger partial charge in [0.05, 0.1) is 6.61 Å². The summed E-state index contributed by atoms with van der Waals surface area (Å²) in [4.78, 5) is 2.70. The summed E-state index contributed by atoms with van der Waals surface area (Å²) < 4.78 is 6.24. The number of ether oxygens (including phenoxy) is 1. The molecule has 1 saturated carbocycles. The molecular formula is C15H27NO. The van der Waals surface area contributed by atoms with Gasteiger partial charge in [-0.1, -0.05) is 20.8 Å². The Morgan fingerprint density at radius 2 is 1.82 bits per heavy atom. The van der Waals surface area contributed by atoms with E-state index in [0.29, 0.717) is 5.41 Å². The molecule has 2 nitrogen and oxygen atoms in total. The lowest BCUT2D eigenvalue weighted by molar-refractivity contribution is -0.120. The molecule has 98 valence electrons. The maximum absolute atomic E-state index is 6.24. The summed E-state index contributed by atoms with van der Waals surface area (Å²) in [7, 11) is 0. The molecule has 3 fully saturated rings. The topological polar surface area (TPSA) is 12.5 Å². The van der Waals surface area contributed by atoms with Crippen LogP contribution in [-0.4, -0.2) is 29.8 Å². The number of nitrogens with zero attached hydrogens (tertiary/aromatic N) is 1. The largest absolute Gasteiger partial charge is 0.359 e. The lowest BCUT2D eigenvalue weighted by Gasteiger charge is -2.45. The van der Waals surface area contributed by atoms with Crippen LogP contribution in [0, 0.1) is 11.3 Å². The average Bonchev–Trinajstić information content (AvgIpc) is 2.83. The van der Waals surface area contributed by atoms with E-state index in [2.05, 4.69) is 25.7 Å². The zero-order valence-corrected chi connectivity index (χ0v) is 11.7. The highest BCUT2D eigenvalue weighted by Crippen LogP contribution is 2.48. The van der Waals surface area contributed by atoms with Crippen molar-refractivity contribution in [2.75, 3.05) is 13.2 Å². The number of hydrogen-bond donors (Lipinski definition) is 0. The summed E-state index contributed by atoms with van der Waals surface area (Å²) >= 11 is 0. The fourth-order valence-electron chi connectivity index (χ4n) is 4.25. The van der Waals surface area contributed by atoms with Crippen molar-refractivity contribution in [3.05, 3.63) is 0 Å². The lowest BCUT2D eigenvalue weighted by Crippen LogP contribution is -2.49. The van der Waals surface area contributed by atoms with E-state index in [0.717, 1.165) is 18.6 Å². The molecule has 0 aromatic carbocycles. The van der Waals surface area contributed by atoms with Gasteiger partial charge in [0.1, 0.15) is 5.72 Å². The first kappa shape index (κ1) is 12.0. The minimum Gasteiger partial charge on any atom is -0.359 e. The molecule has 2 heteroatoms. The minimum atomic E-state index is 0.156. The van der Waals surface area contributed by atoms with Crippen molar-refractivity contribution in [2.45, 2.75) is 71.1 Å². The Bertz CT molecular complexity index is 286. The van der Waals surface area contributed by atoms with Gasteiger partial charge in [0.2, 0.25) is 0 Å². The molecule has 1 atom stereocenters. The predicted molar refractivity (Wildman–Crippen MR) is 69.8 cm³/mol. The van der Waals surface area contributed by atoms with Gasteiger partial charge < -0.3 is 4.74 Å².